The number of benzene rings is 6. The molecule has 0 saturated heterocycles. The van der Waals surface area contributed by atoms with Crippen molar-refractivity contribution in [3.05, 3.63) is 158 Å². The number of para-hydroxylation sites is 2. The van der Waals surface area contributed by atoms with Crippen molar-refractivity contribution in [2.24, 2.45) is 0 Å². The number of esters is 1. The van der Waals surface area contributed by atoms with Gasteiger partial charge in [0.05, 0.1) is 18.0 Å². The molecule has 0 fully saturated rings. The number of fused-ring (bicyclic) bond motifs is 2. The Morgan fingerprint density at radius 3 is 1.42 bits per heavy atom. The standard InChI is InChI=1S/C45H42N2O4P2/c1-2-50-42(48)32-16-7-17-33-46-45(49)47-38-28-18-30-40(52(34-20-8-3-9-21-34)35-22-10-4-11-23-35)43(38)51-44-39(47)29-19-31-41(44)53(36-24-12-5-13-25-36)37-26-14-6-15-27-37/h3-6,8-15,18-31H,2,7,16-17,32-33H2,1H3,(H,46,49). The maximum atomic E-state index is 14.5. The molecule has 0 aromatic heterocycles. The summed E-state index contributed by atoms with van der Waals surface area (Å²) in [6.45, 7) is 2.68. The van der Waals surface area contributed by atoms with E-state index in [1.807, 2.05) is 55.5 Å². The van der Waals surface area contributed by atoms with Crippen LogP contribution in [0.15, 0.2) is 158 Å². The van der Waals surface area contributed by atoms with E-state index in [1.165, 1.54) is 21.2 Å². The molecule has 0 atom stereocenters. The van der Waals surface area contributed by atoms with Gasteiger partial charge >= 0.3 is 12.0 Å². The highest BCUT2D eigenvalue weighted by Gasteiger charge is 2.36. The third kappa shape index (κ3) is 8.20. The van der Waals surface area contributed by atoms with E-state index in [9.17, 15) is 9.59 Å². The molecule has 0 radical (unpaired) electrons. The Balaban J connectivity index is 1.33. The van der Waals surface area contributed by atoms with Crippen molar-refractivity contribution in [2.75, 3.05) is 18.1 Å². The summed E-state index contributed by atoms with van der Waals surface area (Å²) in [5.41, 5.74) is 1.41. The van der Waals surface area contributed by atoms with Gasteiger partial charge in [0.1, 0.15) is 0 Å². The van der Waals surface area contributed by atoms with Gasteiger partial charge in [-0.2, -0.15) is 0 Å². The van der Waals surface area contributed by atoms with Crippen molar-refractivity contribution in [1.29, 1.82) is 0 Å². The largest absolute Gasteiger partial charge is 0.466 e. The number of hydrogen-bond acceptors (Lipinski definition) is 4. The van der Waals surface area contributed by atoms with Crippen LogP contribution < -0.4 is 46.8 Å². The van der Waals surface area contributed by atoms with Crippen molar-refractivity contribution in [2.45, 2.75) is 32.6 Å². The number of unbranched alkanes of at least 4 members (excludes halogenated alkanes) is 2. The second-order valence-corrected chi connectivity index (χ2v) is 16.9. The maximum Gasteiger partial charge on any atom is 0.326 e. The van der Waals surface area contributed by atoms with Gasteiger partial charge in [0, 0.05) is 23.6 Å². The van der Waals surface area contributed by atoms with E-state index in [-0.39, 0.29) is 12.0 Å². The first-order valence-electron chi connectivity index (χ1n) is 18.1. The fourth-order valence-electron chi connectivity index (χ4n) is 6.63. The minimum Gasteiger partial charge on any atom is -0.466 e. The van der Waals surface area contributed by atoms with Gasteiger partial charge in [0.25, 0.3) is 0 Å². The number of hydrogen-bond donors (Lipinski definition) is 1. The molecule has 53 heavy (non-hydrogen) atoms. The third-order valence-corrected chi connectivity index (χ3v) is 13.9. The molecule has 1 aliphatic heterocycles. The number of amides is 2. The minimum absolute atomic E-state index is 0.179. The van der Waals surface area contributed by atoms with Crippen LogP contribution in [-0.2, 0) is 9.53 Å². The van der Waals surface area contributed by atoms with Gasteiger partial charge in [-0.25, -0.2) is 4.79 Å². The lowest BCUT2D eigenvalue weighted by atomic mass is 10.1. The lowest BCUT2D eigenvalue weighted by molar-refractivity contribution is -0.143. The van der Waals surface area contributed by atoms with Crippen molar-refractivity contribution in [3.8, 4) is 11.5 Å². The number of carbonyl (C=O) groups excluding carboxylic acids is 2. The van der Waals surface area contributed by atoms with Crippen molar-refractivity contribution in [3.63, 3.8) is 0 Å². The normalized spacial score (nSPS) is 11.8. The first kappa shape index (κ1) is 36.1. The molecule has 1 aliphatic rings. The van der Waals surface area contributed by atoms with Crippen LogP contribution in [0.1, 0.15) is 32.6 Å². The van der Waals surface area contributed by atoms with Gasteiger partial charge in [-0.1, -0.05) is 140 Å². The van der Waals surface area contributed by atoms with E-state index in [0.717, 1.165) is 29.9 Å². The minimum atomic E-state index is -1.04. The van der Waals surface area contributed by atoms with Gasteiger partial charge < -0.3 is 14.8 Å². The zero-order valence-corrected chi connectivity index (χ0v) is 31.5. The van der Waals surface area contributed by atoms with Gasteiger partial charge in [-0.3, -0.25) is 9.69 Å². The lowest BCUT2D eigenvalue weighted by Crippen LogP contribution is -2.40. The van der Waals surface area contributed by atoms with Crippen molar-refractivity contribution >= 4 is 71.0 Å². The Morgan fingerprint density at radius 2 is 1.00 bits per heavy atom. The first-order chi connectivity index (χ1) is 26.1. The molecular weight excluding hydrogens is 694 g/mol. The third-order valence-electron chi connectivity index (χ3n) is 9.01. The van der Waals surface area contributed by atoms with Crippen molar-refractivity contribution in [1.82, 2.24) is 5.32 Å². The summed E-state index contributed by atoms with van der Waals surface area (Å²) in [4.78, 5) is 28.1. The number of anilines is 2. The molecule has 2 amide bonds. The van der Waals surface area contributed by atoms with Crippen LogP contribution in [0.2, 0.25) is 0 Å². The van der Waals surface area contributed by atoms with E-state index in [1.54, 1.807) is 4.90 Å². The monoisotopic (exact) mass is 736 g/mol. The SMILES string of the molecule is CCOC(=O)CCCCCNC(=O)N1c2cccc(P(c3ccccc3)c3ccccc3)c2Oc2c1cccc2P(c1ccccc1)c1ccccc1. The molecule has 0 aliphatic carbocycles. The Labute approximate surface area is 314 Å². The number of nitrogens with one attached hydrogen (secondary N) is 1. The topological polar surface area (TPSA) is 67.9 Å². The van der Waals surface area contributed by atoms with Crippen molar-refractivity contribution < 1.29 is 19.1 Å². The highest BCUT2D eigenvalue weighted by atomic mass is 31.1. The Bertz CT molecular complexity index is 1920. The molecule has 266 valence electrons. The highest BCUT2D eigenvalue weighted by Crippen LogP contribution is 2.51. The molecule has 1 N–H and O–H groups in total. The zero-order chi connectivity index (χ0) is 36.4. The smallest absolute Gasteiger partial charge is 0.326 e. The van der Waals surface area contributed by atoms with Crippen LogP contribution in [-0.4, -0.2) is 25.2 Å². The van der Waals surface area contributed by atoms with Crippen LogP contribution in [0.3, 0.4) is 0 Å². The molecule has 0 bridgehead atoms. The highest BCUT2D eigenvalue weighted by molar-refractivity contribution is 7.80. The summed E-state index contributed by atoms with van der Waals surface area (Å²) in [5, 5.41) is 10.0. The van der Waals surface area contributed by atoms with Crippen LogP contribution in [0.25, 0.3) is 0 Å². The predicted octanol–water partition coefficient (Wildman–Crippen LogP) is 8.28. The molecule has 6 nitrogen and oxygen atoms in total. The zero-order valence-electron chi connectivity index (χ0n) is 29.7. The summed E-state index contributed by atoms with van der Waals surface area (Å²) in [6, 6.07) is 54.3. The number of carbonyl (C=O) groups is 2. The van der Waals surface area contributed by atoms with Gasteiger partial charge in [-0.05, 0) is 81.1 Å². The van der Waals surface area contributed by atoms with Gasteiger partial charge in [0.2, 0.25) is 0 Å². The average molecular weight is 737 g/mol. The predicted molar refractivity (Wildman–Crippen MR) is 221 cm³/mol. The number of urea groups is 1. The van der Waals surface area contributed by atoms with Crippen LogP contribution >= 0.6 is 15.8 Å². The molecule has 0 saturated carbocycles. The molecule has 0 unspecified atom stereocenters. The molecule has 6 aromatic carbocycles. The molecular formula is C45H42N2O4P2. The summed E-state index contributed by atoms with van der Waals surface area (Å²) in [5.74, 6) is 1.19. The molecule has 1 heterocycles. The number of rotatable bonds is 13. The van der Waals surface area contributed by atoms with E-state index in [4.69, 9.17) is 9.47 Å². The average Bonchev–Trinajstić information content (AvgIpc) is 3.20. The summed E-state index contributed by atoms with van der Waals surface area (Å²) in [7, 11) is -2.09. The second-order valence-electron chi connectivity index (χ2n) is 12.5. The van der Waals surface area contributed by atoms with Crippen LogP contribution in [0, 0.1) is 0 Å². The second kappa shape index (κ2) is 17.5. The lowest BCUT2D eigenvalue weighted by Gasteiger charge is -2.35. The molecule has 7 rings (SSSR count). The molecule has 6 aromatic rings. The van der Waals surface area contributed by atoms with E-state index in [2.05, 4.69) is 115 Å². The summed E-state index contributed by atoms with van der Waals surface area (Å²) >= 11 is 0. The first-order valence-corrected chi connectivity index (χ1v) is 20.8. The maximum absolute atomic E-state index is 14.5. The fourth-order valence-corrected chi connectivity index (χ4v) is 11.4. The Morgan fingerprint density at radius 1 is 0.566 bits per heavy atom. The fraction of sp³-hybridized carbons (Fsp3) is 0.156. The Hall–Kier alpha value is -5.28. The van der Waals surface area contributed by atoms with Crippen LogP contribution in [0.5, 0.6) is 11.5 Å². The Kier molecular flexibility index (Phi) is 11.9. The number of nitrogens with zero attached hydrogens (tertiary/aromatic N) is 1. The van der Waals surface area contributed by atoms with Gasteiger partial charge in [-0.15, -0.1) is 0 Å². The van der Waals surface area contributed by atoms with E-state index in [0.29, 0.717) is 42.4 Å². The summed E-state index contributed by atoms with van der Waals surface area (Å²) in [6.07, 6.45) is 2.65. The van der Waals surface area contributed by atoms with E-state index >= 15 is 0 Å². The summed E-state index contributed by atoms with van der Waals surface area (Å²) < 4.78 is 12.3. The number of ether oxygens (including phenoxy) is 2. The quantitative estimate of drug-likeness (QED) is 0.0737. The van der Waals surface area contributed by atoms with E-state index < -0.39 is 15.8 Å². The van der Waals surface area contributed by atoms with Gasteiger partial charge in [0.15, 0.2) is 11.5 Å². The molecule has 0 spiro atoms. The van der Waals surface area contributed by atoms with Crippen LogP contribution in [0.4, 0.5) is 16.2 Å². The molecule has 8 heteroatoms.